The minimum atomic E-state index is -2.73. The van der Waals surface area contributed by atoms with Crippen molar-refractivity contribution >= 4 is 11.7 Å². The molecule has 1 N–H and O–H groups in total. The maximum atomic E-state index is 13.3. The first-order valence-corrected chi connectivity index (χ1v) is 7.87. The van der Waals surface area contributed by atoms with E-state index in [1.165, 1.54) is 4.90 Å². The fraction of sp³-hybridized carbons (Fsp3) is 0.333. The lowest BCUT2D eigenvalue weighted by Crippen LogP contribution is -2.53. The van der Waals surface area contributed by atoms with Crippen LogP contribution in [0.15, 0.2) is 40.8 Å². The average molecular weight is 345 g/mol. The Morgan fingerprint density at radius 2 is 2.00 bits per heavy atom. The fourth-order valence-electron chi connectivity index (χ4n) is 2.78. The highest BCUT2D eigenvalue weighted by molar-refractivity contribution is 5.89. The summed E-state index contributed by atoms with van der Waals surface area (Å²) in [6.07, 6.45) is -0.707. The van der Waals surface area contributed by atoms with Crippen LogP contribution in [-0.4, -0.2) is 22.9 Å². The molecule has 0 atom stereocenters. The van der Waals surface area contributed by atoms with E-state index in [1.807, 2.05) is 6.07 Å². The number of furan rings is 1. The lowest BCUT2D eigenvalue weighted by Gasteiger charge is -2.42. The summed E-state index contributed by atoms with van der Waals surface area (Å²) in [6, 6.07) is 10.8. The minimum Gasteiger partial charge on any atom is -0.464 e. The quantitative estimate of drug-likeness (QED) is 0.898. The zero-order chi connectivity index (χ0) is 18.0. The third-order valence-corrected chi connectivity index (χ3v) is 4.16. The lowest BCUT2D eigenvalue weighted by molar-refractivity contribution is -0.116. The van der Waals surface area contributed by atoms with Gasteiger partial charge < -0.3 is 14.6 Å². The molecule has 1 saturated carbocycles. The number of rotatable bonds is 4. The number of nitriles is 1. The second-order valence-corrected chi connectivity index (χ2v) is 6.18. The Labute approximate surface area is 143 Å². The number of halogens is 2. The number of carbonyl (C=O) groups excluding carboxylic acids is 1. The molecule has 0 radical (unpaired) electrons. The third-order valence-electron chi connectivity index (χ3n) is 4.16. The molecule has 2 amide bonds. The van der Waals surface area contributed by atoms with Crippen LogP contribution in [0.1, 0.15) is 29.9 Å². The molecular formula is C18H17F2N3O2. The normalized spacial score (nSPS) is 15.9. The summed E-state index contributed by atoms with van der Waals surface area (Å²) in [7, 11) is 0. The number of aryl methyl sites for hydroxylation is 1. The van der Waals surface area contributed by atoms with Crippen LogP contribution in [0.3, 0.4) is 0 Å². The number of hydrogen-bond donors (Lipinski definition) is 1. The first-order chi connectivity index (χ1) is 11.9. The van der Waals surface area contributed by atoms with Crippen molar-refractivity contribution < 1.29 is 18.0 Å². The number of nitrogens with zero attached hydrogens (tertiary/aromatic N) is 2. The molecule has 0 bridgehead atoms. The molecular weight excluding hydrogens is 328 g/mol. The van der Waals surface area contributed by atoms with Crippen molar-refractivity contribution in [2.75, 3.05) is 5.32 Å². The topological polar surface area (TPSA) is 69.3 Å². The van der Waals surface area contributed by atoms with E-state index in [9.17, 15) is 13.6 Å². The Morgan fingerprint density at radius 3 is 2.52 bits per heavy atom. The first kappa shape index (κ1) is 17.0. The van der Waals surface area contributed by atoms with Gasteiger partial charge in [0.15, 0.2) is 0 Å². The second-order valence-electron chi connectivity index (χ2n) is 6.18. The van der Waals surface area contributed by atoms with Gasteiger partial charge in [-0.15, -0.1) is 0 Å². The number of benzene rings is 1. The number of urea groups is 1. The minimum absolute atomic E-state index is 0.122. The Balaban J connectivity index is 1.73. The van der Waals surface area contributed by atoms with Gasteiger partial charge in [-0.25, -0.2) is 13.6 Å². The van der Waals surface area contributed by atoms with Gasteiger partial charge in [-0.2, -0.15) is 5.26 Å². The average Bonchev–Trinajstić information content (AvgIpc) is 2.96. The van der Waals surface area contributed by atoms with E-state index >= 15 is 0 Å². The summed E-state index contributed by atoms with van der Waals surface area (Å²) in [5, 5.41) is 11.5. The van der Waals surface area contributed by atoms with Crippen LogP contribution in [0.2, 0.25) is 0 Å². The van der Waals surface area contributed by atoms with Gasteiger partial charge in [0, 0.05) is 24.6 Å². The fourth-order valence-corrected chi connectivity index (χ4v) is 2.78. The zero-order valence-corrected chi connectivity index (χ0v) is 13.6. The largest absolute Gasteiger partial charge is 0.464 e. The van der Waals surface area contributed by atoms with Crippen molar-refractivity contribution in [1.82, 2.24) is 4.90 Å². The number of alkyl halides is 2. The smallest absolute Gasteiger partial charge is 0.322 e. The summed E-state index contributed by atoms with van der Waals surface area (Å²) in [6.45, 7) is 1.90. The highest BCUT2D eigenvalue weighted by atomic mass is 19.3. The molecule has 7 heteroatoms. The van der Waals surface area contributed by atoms with Crippen LogP contribution in [0.5, 0.6) is 0 Å². The molecule has 5 nitrogen and oxygen atoms in total. The van der Waals surface area contributed by atoms with E-state index in [1.54, 1.807) is 43.3 Å². The van der Waals surface area contributed by atoms with E-state index < -0.39 is 18.0 Å². The molecule has 1 aliphatic carbocycles. The molecule has 0 unspecified atom stereocenters. The molecule has 2 aromatic rings. The van der Waals surface area contributed by atoms with Crippen LogP contribution in [-0.2, 0) is 6.54 Å². The monoisotopic (exact) mass is 345 g/mol. The molecule has 130 valence electrons. The van der Waals surface area contributed by atoms with Crippen LogP contribution in [0.25, 0.3) is 0 Å². The van der Waals surface area contributed by atoms with Crippen LogP contribution in [0.4, 0.5) is 19.3 Å². The predicted molar refractivity (Wildman–Crippen MR) is 87.1 cm³/mol. The van der Waals surface area contributed by atoms with Crippen molar-refractivity contribution in [1.29, 1.82) is 5.26 Å². The number of carbonyl (C=O) groups is 1. The second kappa shape index (κ2) is 6.55. The van der Waals surface area contributed by atoms with Gasteiger partial charge >= 0.3 is 6.03 Å². The van der Waals surface area contributed by atoms with Gasteiger partial charge in [0.1, 0.15) is 11.5 Å². The Morgan fingerprint density at radius 1 is 1.32 bits per heavy atom. The number of nitrogens with one attached hydrogen (secondary N) is 1. The first-order valence-electron chi connectivity index (χ1n) is 7.87. The van der Waals surface area contributed by atoms with Crippen molar-refractivity contribution in [2.45, 2.75) is 38.3 Å². The molecule has 1 aliphatic rings. The maximum absolute atomic E-state index is 13.3. The van der Waals surface area contributed by atoms with Gasteiger partial charge in [-0.05, 0) is 43.3 Å². The molecule has 0 saturated heterocycles. The maximum Gasteiger partial charge on any atom is 0.322 e. The number of amides is 2. The third kappa shape index (κ3) is 3.97. The molecule has 25 heavy (non-hydrogen) atoms. The molecule has 1 fully saturated rings. The van der Waals surface area contributed by atoms with Crippen LogP contribution < -0.4 is 5.32 Å². The molecule has 3 rings (SSSR count). The summed E-state index contributed by atoms with van der Waals surface area (Å²) < 4.78 is 32.0. The Bertz CT molecular complexity index is 800. The van der Waals surface area contributed by atoms with Crippen molar-refractivity contribution in [3.63, 3.8) is 0 Å². The SMILES string of the molecule is Cc1ccc(CN(C(=O)Nc2ccc(C#N)cc2)C2CC(F)(F)C2)o1. The van der Waals surface area contributed by atoms with Gasteiger partial charge in [0.05, 0.1) is 18.2 Å². The molecule has 1 heterocycles. The zero-order valence-electron chi connectivity index (χ0n) is 13.6. The van der Waals surface area contributed by atoms with Gasteiger partial charge in [-0.1, -0.05) is 0 Å². The standard InChI is InChI=1S/C18H17F2N3O2/c1-12-2-7-16(25-12)11-23(15-8-18(19,20)9-15)17(24)22-14-5-3-13(10-21)4-6-14/h2-7,15H,8-9,11H2,1H3,(H,22,24). The molecule has 1 aromatic carbocycles. The molecule has 1 aromatic heterocycles. The summed E-state index contributed by atoms with van der Waals surface area (Å²) in [4.78, 5) is 14.0. The van der Waals surface area contributed by atoms with Gasteiger partial charge in [0.2, 0.25) is 0 Å². The van der Waals surface area contributed by atoms with E-state index in [0.717, 1.165) is 0 Å². The van der Waals surface area contributed by atoms with E-state index in [-0.39, 0.29) is 19.4 Å². The van der Waals surface area contributed by atoms with E-state index in [0.29, 0.717) is 22.8 Å². The van der Waals surface area contributed by atoms with Gasteiger partial charge in [0.25, 0.3) is 5.92 Å². The lowest BCUT2D eigenvalue weighted by atomic mass is 9.87. The van der Waals surface area contributed by atoms with Crippen molar-refractivity contribution in [3.8, 4) is 6.07 Å². The summed E-state index contributed by atoms with van der Waals surface area (Å²) in [5.41, 5.74) is 0.968. The predicted octanol–water partition coefficient (Wildman–Crippen LogP) is 4.29. The van der Waals surface area contributed by atoms with Crippen LogP contribution >= 0.6 is 0 Å². The summed E-state index contributed by atoms with van der Waals surface area (Å²) >= 11 is 0. The molecule has 0 aliphatic heterocycles. The van der Waals surface area contributed by atoms with E-state index in [4.69, 9.17) is 9.68 Å². The van der Waals surface area contributed by atoms with Crippen molar-refractivity contribution in [3.05, 3.63) is 53.5 Å². The highest BCUT2D eigenvalue weighted by Gasteiger charge is 2.49. The van der Waals surface area contributed by atoms with Crippen molar-refractivity contribution in [2.24, 2.45) is 0 Å². The highest BCUT2D eigenvalue weighted by Crippen LogP contribution is 2.41. The Hall–Kier alpha value is -2.88. The van der Waals surface area contributed by atoms with Crippen LogP contribution in [0, 0.1) is 18.3 Å². The Kier molecular flexibility index (Phi) is 4.45. The number of anilines is 1. The van der Waals surface area contributed by atoms with Gasteiger partial charge in [-0.3, -0.25) is 0 Å². The molecule has 0 spiro atoms. The summed E-state index contributed by atoms with van der Waals surface area (Å²) in [5.74, 6) is -1.49. The van der Waals surface area contributed by atoms with E-state index in [2.05, 4.69) is 5.32 Å². The number of hydrogen-bond acceptors (Lipinski definition) is 3.